The molecule has 0 aromatic heterocycles. The molecule has 0 amide bonds. The summed E-state index contributed by atoms with van der Waals surface area (Å²) >= 11 is 0. The van der Waals surface area contributed by atoms with Gasteiger partial charge in [0, 0.05) is 0 Å². The van der Waals surface area contributed by atoms with Crippen LogP contribution in [0.4, 0.5) is 0 Å². The molecule has 0 aromatic rings. The molecule has 0 spiro atoms. The van der Waals surface area contributed by atoms with Gasteiger partial charge < -0.3 is 53.9 Å². The zero-order valence-electron chi connectivity index (χ0n) is 3.07. The van der Waals surface area contributed by atoms with Crippen LogP contribution in [-0.4, -0.2) is 111 Å². The molecule has 0 aliphatic rings. The van der Waals surface area contributed by atoms with Crippen molar-refractivity contribution in [3.05, 3.63) is 0 Å². The van der Waals surface area contributed by atoms with E-state index in [4.69, 9.17) is 0 Å². The Hall–Kier alpha value is 3.48. The molecule has 0 rings (SSSR count). The third-order valence-corrected chi connectivity index (χ3v) is 0. The first-order valence-electron chi connectivity index (χ1n) is 0. The Labute approximate surface area is 109 Å². The predicted molar refractivity (Wildman–Crippen MR) is 34.5 cm³/mol. The third kappa shape index (κ3) is 25.9. The van der Waals surface area contributed by atoms with Crippen molar-refractivity contribution in [1.29, 1.82) is 0 Å². The van der Waals surface area contributed by atoms with Crippen LogP contribution in [0, 0.1) is 0 Å². The van der Waals surface area contributed by atoms with E-state index in [2.05, 4.69) is 0 Å². The minimum Gasteiger partial charge on any atom is -3.00 e. The fourth-order valence-electron chi connectivity index (χ4n) is 0. The molecule has 0 aliphatic heterocycles. The summed E-state index contributed by atoms with van der Waals surface area (Å²) in [4.78, 5) is 0. The van der Waals surface area contributed by atoms with Crippen LogP contribution >= 0.6 is 0 Å². The Morgan fingerprint density at radius 3 is 0.500 bits per heavy atom. The minimum absolute atomic E-state index is 0. The second-order valence-electron chi connectivity index (χ2n) is 0. The number of hydrogen-bond acceptors (Lipinski definition) is 0. The van der Waals surface area contributed by atoms with Gasteiger partial charge in [0.1, 0.15) is 0 Å². The Kier molecular flexibility index (Phi) is 367. The predicted octanol–water partition coefficient (Wildman–Crippen LogP) is -2.28. The average Bonchev–Trinajstić information content (AvgIpc) is 0. The van der Waals surface area contributed by atoms with Crippen LogP contribution in [0.15, 0.2) is 0 Å². The zero-order valence-corrected chi connectivity index (χ0v) is 14.7. The van der Waals surface area contributed by atoms with E-state index in [1.807, 2.05) is 0 Å². The van der Waals surface area contributed by atoms with Crippen molar-refractivity contribution in [3.63, 3.8) is 0 Å². The Morgan fingerprint density at radius 2 is 0.500 bits per heavy atom. The minimum atomic E-state index is 0. The van der Waals surface area contributed by atoms with E-state index >= 15 is 0 Å². The van der Waals surface area contributed by atoms with Crippen LogP contribution in [0.5, 0.6) is 0 Å². The summed E-state index contributed by atoms with van der Waals surface area (Å²) in [5, 5.41) is 0. The maximum absolute atomic E-state index is 0. The van der Waals surface area contributed by atoms with Crippen molar-refractivity contribution in [3.8, 4) is 0 Å². The largest absolute Gasteiger partial charge is 3.00 e. The third-order valence-electron chi connectivity index (χ3n) is 0. The topological polar surface area (TPSA) is 0 Å². The standard InChI is InChI=1S/Al.3As.2Ga/q+3;3*-3;2*+3. The maximum atomic E-state index is 0. The second-order valence-corrected chi connectivity index (χ2v) is 0. The average molecular weight is 391 g/mol. The quantitative estimate of drug-likeness (QED) is 0.409. The molecular formula is AlAs3Ga2. The normalized spacial score (nSPS) is 0. The zero-order chi connectivity index (χ0) is 0. The molecule has 0 bridgehead atoms. The van der Waals surface area contributed by atoms with Gasteiger partial charge in [0.05, 0.1) is 0 Å². The van der Waals surface area contributed by atoms with Crippen molar-refractivity contribution in [2.45, 2.75) is 0 Å². The SMILES string of the molecule is [Al+3].[As-3].[As-3].[As-3].[Ga+3].[Ga+3]. The van der Waals surface area contributed by atoms with E-state index in [0.717, 1.165) is 0 Å². The molecule has 0 radical (unpaired) electrons. The van der Waals surface area contributed by atoms with Gasteiger partial charge in [0.25, 0.3) is 0 Å². The van der Waals surface area contributed by atoms with Gasteiger partial charge in [0.15, 0.2) is 0 Å². The summed E-state index contributed by atoms with van der Waals surface area (Å²) in [6.45, 7) is 0. The molecule has 0 heterocycles. The van der Waals surface area contributed by atoms with Crippen molar-refractivity contribution < 1.29 is 0 Å². The molecule has 0 fully saturated rings. The van der Waals surface area contributed by atoms with E-state index in [-0.39, 0.29) is 111 Å². The fourth-order valence-corrected chi connectivity index (χ4v) is 0. The fraction of sp³-hybridized carbons (Fsp3) is 0. The Balaban J connectivity index is 0. The van der Waals surface area contributed by atoms with Crippen LogP contribution in [-0.2, 0) is 0 Å². The molecule has 0 unspecified atom stereocenters. The molecule has 6 heavy (non-hydrogen) atoms. The summed E-state index contributed by atoms with van der Waals surface area (Å²) in [6, 6.07) is 0. The Morgan fingerprint density at radius 1 is 0.500 bits per heavy atom. The van der Waals surface area contributed by atoms with Crippen molar-refractivity contribution in [2.75, 3.05) is 0 Å². The molecule has 6 heteroatoms. The molecule has 24 valence electrons. The summed E-state index contributed by atoms with van der Waals surface area (Å²) in [7, 11) is 0. The van der Waals surface area contributed by atoms with Gasteiger partial charge >= 0.3 is 56.9 Å². The molecule has 0 saturated carbocycles. The number of rotatable bonds is 0. The van der Waals surface area contributed by atoms with E-state index in [0.29, 0.717) is 0 Å². The van der Waals surface area contributed by atoms with Crippen LogP contribution < -0.4 is 0 Å². The van der Waals surface area contributed by atoms with Crippen LogP contribution in [0.1, 0.15) is 0 Å². The molecule has 0 aliphatic carbocycles. The van der Waals surface area contributed by atoms with E-state index in [9.17, 15) is 0 Å². The van der Waals surface area contributed by atoms with Gasteiger partial charge in [-0.1, -0.05) is 0 Å². The molecular weight excluding hydrogens is 391 g/mol. The molecule has 0 nitrogen and oxygen atoms in total. The first-order chi connectivity index (χ1) is 0. The number of hydrogen-bond donors (Lipinski definition) is 0. The van der Waals surface area contributed by atoms with Gasteiger partial charge in [0.2, 0.25) is 0 Å². The molecule has 0 N–H and O–H groups in total. The van der Waals surface area contributed by atoms with E-state index in [1.54, 1.807) is 0 Å². The van der Waals surface area contributed by atoms with Gasteiger partial charge in [-0.15, -0.1) is 0 Å². The smallest absolute Gasteiger partial charge is 3.00 e. The van der Waals surface area contributed by atoms with E-state index in [1.165, 1.54) is 0 Å². The summed E-state index contributed by atoms with van der Waals surface area (Å²) < 4.78 is 0. The van der Waals surface area contributed by atoms with Crippen LogP contribution in [0.2, 0.25) is 0 Å². The van der Waals surface area contributed by atoms with Crippen LogP contribution in [0.25, 0.3) is 0 Å². The van der Waals surface area contributed by atoms with Gasteiger partial charge in [-0.2, -0.15) is 0 Å². The van der Waals surface area contributed by atoms with E-state index < -0.39 is 0 Å². The van der Waals surface area contributed by atoms with Gasteiger partial charge in [-0.25, -0.2) is 0 Å². The molecule has 0 aromatic carbocycles. The first-order valence-corrected chi connectivity index (χ1v) is 0. The van der Waals surface area contributed by atoms with Crippen LogP contribution in [0.3, 0.4) is 0 Å². The summed E-state index contributed by atoms with van der Waals surface area (Å²) in [5.41, 5.74) is 0. The second kappa shape index (κ2) is 39.2. The summed E-state index contributed by atoms with van der Waals surface area (Å²) in [5.74, 6) is 0. The van der Waals surface area contributed by atoms with Gasteiger partial charge in [-0.05, 0) is 0 Å². The molecule has 0 atom stereocenters. The monoisotopic (exact) mass is 390 g/mol. The van der Waals surface area contributed by atoms with Crippen molar-refractivity contribution in [2.24, 2.45) is 0 Å². The first kappa shape index (κ1) is 56.3. The Bertz CT molecular complexity index is 8.75. The van der Waals surface area contributed by atoms with Crippen molar-refractivity contribution >= 4 is 111 Å². The van der Waals surface area contributed by atoms with Crippen molar-refractivity contribution in [1.82, 2.24) is 0 Å². The van der Waals surface area contributed by atoms with Gasteiger partial charge in [-0.3, -0.25) is 0 Å². The summed E-state index contributed by atoms with van der Waals surface area (Å²) in [6.07, 6.45) is 0. The molecule has 0 saturated heterocycles. The maximum Gasteiger partial charge on any atom is 3.00 e.